The van der Waals surface area contributed by atoms with E-state index in [9.17, 15) is 4.79 Å². The highest BCUT2D eigenvalue weighted by molar-refractivity contribution is 9.10. The van der Waals surface area contributed by atoms with Gasteiger partial charge in [-0.3, -0.25) is 9.48 Å². The van der Waals surface area contributed by atoms with Crippen molar-refractivity contribution in [1.29, 1.82) is 0 Å². The fraction of sp³-hybridized carbons (Fsp3) is 0.294. The van der Waals surface area contributed by atoms with E-state index in [4.69, 9.17) is 4.42 Å². The monoisotopic (exact) mass is 390 g/mol. The van der Waals surface area contributed by atoms with Crippen LogP contribution < -0.4 is 5.32 Å². The van der Waals surface area contributed by atoms with Crippen LogP contribution in [0.2, 0.25) is 0 Å². The summed E-state index contributed by atoms with van der Waals surface area (Å²) in [7, 11) is 4.02. The van der Waals surface area contributed by atoms with Gasteiger partial charge in [-0.2, -0.15) is 5.10 Å². The van der Waals surface area contributed by atoms with E-state index in [0.717, 1.165) is 28.5 Å². The molecular formula is C17H19BrN4O2. The summed E-state index contributed by atoms with van der Waals surface area (Å²) in [5.41, 5.74) is 2.17. The number of fused-ring (bicyclic) bond motifs is 1. The van der Waals surface area contributed by atoms with Crippen molar-refractivity contribution in [2.75, 3.05) is 26.0 Å². The second kappa shape index (κ2) is 6.78. The normalized spacial score (nSPS) is 11.4. The number of hydrogen-bond donors (Lipinski definition) is 1. The third-order valence-corrected chi connectivity index (χ3v) is 4.27. The van der Waals surface area contributed by atoms with Crippen LogP contribution in [-0.4, -0.2) is 41.2 Å². The molecule has 1 N–H and O–H groups in total. The third-order valence-electron chi connectivity index (χ3n) is 3.77. The van der Waals surface area contributed by atoms with E-state index in [2.05, 4.69) is 31.2 Å². The Labute approximate surface area is 148 Å². The summed E-state index contributed by atoms with van der Waals surface area (Å²) < 4.78 is 8.44. The molecule has 24 heavy (non-hydrogen) atoms. The first kappa shape index (κ1) is 16.7. The van der Waals surface area contributed by atoms with Gasteiger partial charge in [0, 0.05) is 28.2 Å². The number of benzene rings is 1. The minimum atomic E-state index is -0.271. The Morgan fingerprint density at radius 3 is 2.96 bits per heavy atom. The molecule has 2 aromatic heterocycles. The fourth-order valence-electron chi connectivity index (χ4n) is 2.46. The summed E-state index contributed by atoms with van der Waals surface area (Å²) in [6.45, 7) is 3.53. The van der Waals surface area contributed by atoms with Crippen molar-refractivity contribution in [2.45, 2.75) is 13.5 Å². The van der Waals surface area contributed by atoms with Crippen LogP contribution in [-0.2, 0) is 6.54 Å². The minimum Gasteiger partial charge on any atom is -0.451 e. The van der Waals surface area contributed by atoms with Crippen molar-refractivity contribution >= 4 is 38.5 Å². The number of carbonyl (C=O) groups excluding carboxylic acids is 1. The van der Waals surface area contributed by atoms with Crippen LogP contribution in [0.1, 0.15) is 16.1 Å². The molecule has 0 unspecified atom stereocenters. The SMILES string of the molecule is Cc1c(C(=O)Nc2cnn(CCN(C)C)c2)oc2cc(Br)ccc12. The number of furan rings is 1. The maximum atomic E-state index is 12.5. The summed E-state index contributed by atoms with van der Waals surface area (Å²) in [5, 5.41) is 8.03. The predicted molar refractivity (Wildman–Crippen MR) is 97.4 cm³/mol. The highest BCUT2D eigenvalue weighted by Gasteiger charge is 2.18. The Bertz CT molecular complexity index is 882. The molecule has 0 saturated heterocycles. The molecular weight excluding hydrogens is 372 g/mol. The molecule has 0 spiro atoms. The average molecular weight is 391 g/mol. The van der Waals surface area contributed by atoms with Gasteiger partial charge in [0.1, 0.15) is 5.58 Å². The standard InChI is InChI=1S/C17H19BrN4O2/c1-11-14-5-4-12(18)8-15(14)24-16(11)17(23)20-13-9-19-22(10-13)7-6-21(2)3/h4-5,8-10H,6-7H2,1-3H3,(H,20,23). The first-order valence-electron chi connectivity index (χ1n) is 7.61. The largest absolute Gasteiger partial charge is 0.451 e. The summed E-state index contributed by atoms with van der Waals surface area (Å²) in [6, 6.07) is 5.73. The van der Waals surface area contributed by atoms with Crippen molar-refractivity contribution in [3.05, 3.63) is 46.4 Å². The highest BCUT2D eigenvalue weighted by Crippen LogP contribution is 2.28. The lowest BCUT2D eigenvalue weighted by Gasteiger charge is -2.08. The first-order valence-corrected chi connectivity index (χ1v) is 8.40. The van der Waals surface area contributed by atoms with Gasteiger partial charge in [-0.1, -0.05) is 15.9 Å². The number of rotatable bonds is 5. The molecule has 0 aliphatic heterocycles. The summed E-state index contributed by atoms with van der Waals surface area (Å²) in [5.74, 6) is 0.0520. The lowest BCUT2D eigenvalue weighted by Crippen LogP contribution is -2.18. The second-order valence-corrected chi connectivity index (χ2v) is 6.86. The van der Waals surface area contributed by atoms with Gasteiger partial charge in [0.05, 0.1) is 18.4 Å². The van der Waals surface area contributed by atoms with Crippen LogP contribution in [0.15, 0.2) is 39.5 Å². The Morgan fingerprint density at radius 2 is 2.21 bits per heavy atom. The fourth-order valence-corrected chi connectivity index (χ4v) is 2.80. The van der Waals surface area contributed by atoms with E-state index >= 15 is 0 Å². The zero-order valence-corrected chi connectivity index (χ0v) is 15.4. The molecule has 6 nitrogen and oxygen atoms in total. The average Bonchev–Trinajstić information content (AvgIpc) is 3.09. The van der Waals surface area contributed by atoms with Gasteiger partial charge in [0.15, 0.2) is 5.76 Å². The minimum absolute atomic E-state index is 0.271. The Morgan fingerprint density at radius 1 is 1.42 bits per heavy atom. The van der Waals surface area contributed by atoms with E-state index in [1.54, 1.807) is 10.9 Å². The molecule has 0 fully saturated rings. The maximum absolute atomic E-state index is 12.5. The molecule has 1 amide bonds. The highest BCUT2D eigenvalue weighted by atomic mass is 79.9. The van der Waals surface area contributed by atoms with E-state index in [-0.39, 0.29) is 5.91 Å². The smallest absolute Gasteiger partial charge is 0.291 e. The molecule has 0 aliphatic rings. The zero-order valence-electron chi connectivity index (χ0n) is 13.8. The summed E-state index contributed by atoms with van der Waals surface area (Å²) >= 11 is 3.41. The maximum Gasteiger partial charge on any atom is 0.291 e. The Balaban J connectivity index is 1.76. The van der Waals surface area contributed by atoms with E-state index in [1.807, 2.05) is 45.4 Å². The number of likely N-dealkylation sites (N-methyl/N-ethyl adjacent to an activating group) is 1. The lowest BCUT2D eigenvalue weighted by atomic mass is 10.1. The van der Waals surface area contributed by atoms with Gasteiger partial charge < -0.3 is 14.6 Å². The van der Waals surface area contributed by atoms with Crippen LogP contribution in [0.4, 0.5) is 5.69 Å². The van der Waals surface area contributed by atoms with Crippen LogP contribution in [0.3, 0.4) is 0 Å². The summed E-state index contributed by atoms with van der Waals surface area (Å²) in [4.78, 5) is 14.6. The molecule has 0 aliphatic carbocycles. The second-order valence-electron chi connectivity index (χ2n) is 5.95. The van der Waals surface area contributed by atoms with Gasteiger partial charge in [0.2, 0.25) is 0 Å². The number of amides is 1. The molecule has 3 aromatic rings. The number of carbonyl (C=O) groups is 1. The topological polar surface area (TPSA) is 63.3 Å². The van der Waals surface area contributed by atoms with Crippen LogP contribution in [0.5, 0.6) is 0 Å². The van der Waals surface area contributed by atoms with E-state index < -0.39 is 0 Å². The number of anilines is 1. The number of hydrogen-bond acceptors (Lipinski definition) is 4. The molecule has 0 bridgehead atoms. The third kappa shape index (κ3) is 3.52. The van der Waals surface area contributed by atoms with E-state index in [1.165, 1.54) is 0 Å². The number of nitrogens with one attached hydrogen (secondary N) is 1. The van der Waals surface area contributed by atoms with Gasteiger partial charge in [-0.05, 0) is 39.2 Å². The lowest BCUT2D eigenvalue weighted by molar-refractivity contribution is 0.0998. The van der Waals surface area contributed by atoms with Crippen molar-refractivity contribution in [3.63, 3.8) is 0 Å². The molecule has 0 radical (unpaired) electrons. The number of aromatic nitrogens is 2. The number of aryl methyl sites for hydroxylation is 1. The molecule has 2 heterocycles. The first-order chi connectivity index (χ1) is 11.4. The molecule has 126 valence electrons. The summed E-state index contributed by atoms with van der Waals surface area (Å²) in [6.07, 6.45) is 3.46. The van der Waals surface area contributed by atoms with Gasteiger partial charge >= 0.3 is 0 Å². The quantitative estimate of drug-likeness (QED) is 0.723. The molecule has 1 aromatic carbocycles. The Kier molecular flexibility index (Phi) is 4.73. The van der Waals surface area contributed by atoms with Crippen LogP contribution >= 0.6 is 15.9 Å². The zero-order chi connectivity index (χ0) is 17.3. The number of halogens is 1. The van der Waals surface area contributed by atoms with E-state index in [0.29, 0.717) is 17.0 Å². The van der Waals surface area contributed by atoms with Crippen LogP contribution in [0.25, 0.3) is 11.0 Å². The molecule has 0 atom stereocenters. The molecule has 3 rings (SSSR count). The van der Waals surface area contributed by atoms with Gasteiger partial charge in [-0.25, -0.2) is 0 Å². The van der Waals surface area contributed by atoms with Gasteiger partial charge in [0.25, 0.3) is 5.91 Å². The van der Waals surface area contributed by atoms with Crippen molar-refractivity contribution in [2.24, 2.45) is 0 Å². The predicted octanol–water partition coefficient (Wildman–Crippen LogP) is 3.51. The van der Waals surface area contributed by atoms with Crippen LogP contribution in [0, 0.1) is 6.92 Å². The number of nitrogens with zero attached hydrogens (tertiary/aromatic N) is 3. The van der Waals surface area contributed by atoms with Crippen molar-refractivity contribution < 1.29 is 9.21 Å². The molecule has 0 saturated carbocycles. The van der Waals surface area contributed by atoms with Gasteiger partial charge in [-0.15, -0.1) is 0 Å². The Hall–Kier alpha value is -2.12. The molecule has 7 heteroatoms. The van der Waals surface area contributed by atoms with Crippen molar-refractivity contribution in [3.8, 4) is 0 Å². The van der Waals surface area contributed by atoms with Crippen molar-refractivity contribution in [1.82, 2.24) is 14.7 Å².